The highest BCUT2D eigenvalue weighted by Crippen LogP contribution is 2.27. The zero-order chi connectivity index (χ0) is 14.4. The summed E-state index contributed by atoms with van der Waals surface area (Å²) in [7, 11) is 0. The Morgan fingerprint density at radius 3 is 2.40 bits per heavy atom. The van der Waals surface area contributed by atoms with Gasteiger partial charge in [0.25, 0.3) is 6.47 Å². The number of rotatable bonds is 6. The molecule has 0 bridgehead atoms. The summed E-state index contributed by atoms with van der Waals surface area (Å²) in [6.45, 7) is 2.40. The normalized spacial score (nSPS) is 10.2. The second-order valence-electron chi connectivity index (χ2n) is 4.86. The second kappa shape index (κ2) is 6.75. The van der Waals surface area contributed by atoms with Gasteiger partial charge in [0, 0.05) is 0 Å². The number of phenols is 1. The summed E-state index contributed by atoms with van der Waals surface area (Å²) in [4.78, 5) is 10.3. The molecule has 0 fully saturated rings. The minimum absolute atomic E-state index is 0.0145. The van der Waals surface area contributed by atoms with Crippen molar-refractivity contribution in [1.29, 1.82) is 0 Å². The Morgan fingerprint density at radius 2 is 1.70 bits per heavy atom. The Balaban J connectivity index is 1.92. The summed E-state index contributed by atoms with van der Waals surface area (Å²) in [5.41, 5.74) is 3.63. The van der Waals surface area contributed by atoms with Crippen LogP contribution in [0.1, 0.15) is 23.1 Å². The van der Waals surface area contributed by atoms with Crippen LogP contribution in [0, 0.1) is 6.92 Å². The maximum absolute atomic E-state index is 10.3. The fraction of sp³-hybridized carbons (Fsp3) is 0.235. The van der Waals surface area contributed by atoms with Crippen molar-refractivity contribution in [1.82, 2.24) is 0 Å². The SMILES string of the molecule is Cc1ccc(CCCc2ccc(O)c(OC=O)c2)cc1. The molecular weight excluding hydrogens is 252 g/mol. The summed E-state index contributed by atoms with van der Waals surface area (Å²) in [6.07, 6.45) is 2.89. The van der Waals surface area contributed by atoms with Gasteiger partial charge >= 0.3 is 0 Å². The Labute approximate surface area is 118 Å². The van der Waals surface area contributed by atoms with Crippen LogP contribution in [0.25, 0.3) is 0 Å². The van der Waals surface area contributed by atoms with Crippen LogP contribution in [0.15, 0.2) is 42.5 Å². The summed E-state index contributed by atoms with van der Waals surface area (Å²) in [5.74, 6) is 0.201. The first-order chi connectivity index (χ1) is 9.69. The van der Waals surface area contributed by atoms with E-state index in [0.717, 1.165) is 24.8 Å². The Hall–Kier alpha value is -2.29. The van der Waals surface area contributed by atoms with Crippen molar-refractivity contribution >= 4 is 6.47 Å². The van der Waals surface area contributed by atoms with Crippen molar-refractivity contribution in [3.63, 3.8) is 0 Å². The molecule has 2 aromatic rings. The summed E-state index contributed by atoms with van der Waals surface area (Å²) >= 11 is 0. The van der Waals surface area contributed by atoms with Gasteiger partial charge in [0.15, 0.2) is 11.5 Å². The van der Waals surface area contributed by atoms with Crippen LogP contribution in [0.5, 0.6) is 11.5 Å². The highest BCUT2D eigenvalue weighted by atomic mass is 16.5. The maximum Gasteiger partial charge on any atom is 0.298 e. The Bertz CT molecular complexity index is 573. The van der Waals surface area contributed by atoms with Gasteiger partial charge in [-0.15, -0.1) is 0 Å². The van der Waals surface area contributed by atoms with Gasteiger partial charge in [0.2, 0.25) is 0 Å². The molecule has 3 nitrogen and oxygen atoms in total. The highest BCUT2D eigenvalue weighted by molar-refractivity contribution is 5.51. The molecule has 0 radical (unpaired) electrons. The van der Waals surface area contributed by atoms with Gasteiger partial charge in [0.05, 0.1) is 0 Å². The molecule has 0 aliphatic heterocycles. The second-order valence-corrected chi connectivity index (χ2v) is 4.86. The molecule has 0 saturated heterocycles. The minimum Gasteiger partial charge on any atom is -0.504 e. The molecular formula is C17H18O3. The van der Waals surface area contributed by atoms with Crippen molar-refractivity contribution in [3.05, 3.63) is 59.2 Å². The van der Waals surface area contributed by atoms with Crippen LogP contribution in [0.2, 0.25) is 0 Å². The number of benzene rings is 2. The number of ether oxygens (including phenoxy) is 1. The molecule has 3 heteroatoms. The van der Waals surface area contributed by atoms with Gasteiger partial charge in [-0.3, -0.25) is 4.79 Å². The quantitative estimate of drug-likeness (QED) is 0.818. The molecule has 104 valence electrons. The van der Waals surface area contributed by atoms with E-state index in [-0.39, 0.29) is 11.5 Å². The molecule has 0 aromatic heterocycles. The van der Waals surface area contributed by atoms with E-state index in [0.29, 0.717) is 6.47 Å². The third-order valence-corrected chi connectivity index (χ3v) is 3.25. The number of carbonyl (C=O) groups is 1. The lowest BCUT2D eigenvalue weighted by Crippen LogP contribution is -1.93. The fourth-order valence-electron chi connectivity index (χ4n) is 2.11. The molecule has 0 aliphatic rings. The predicted molar refractivity (Wildman–Crippen MR) is 78.0 cm³/mol. The molecule has 0 aliphatic carbocycles. The van der Waals surface area contributed by atoms with E-state index >= 15 is 0 Å². The van der Waals surface area contributed by atoms with Gasteiger partial charge in [-0.05, 0) is 49.4 Å². The van der Waals surface area contributed by atoms with Crippen LogP contribution in [-0.4, -0.2) is 11.6 Å². The lowest BCUT2D eigenvalue weighted by molar-refractivity contribution is -0.120. The van der Waals surface area contributed by atoms with Crippen molar-refractivity contribution in [2.75, 3.05) is 0 Å². The Morgan fingerprint density at radius 1 is 1.05 bits per heavy atom. The standard InChI is InChI=1S/C17H18O3/c1-13-5-7-14(8-6-13)3-2-4-15-9-10-16(19)17(11-15)20-12-18/h5-12,19H,2-4H2,1H3. The van der Waals surface area contributed by atoms with E-state index in [1.807, 2.05) is 6.07 Å². The smallest absolute Gasteiger partial charge is 0.298 e. The largest absolute Gasteiger partial charge is 0.504 e. The van der Waals surface area contributed by atoms with E-state index in [1.165, 1.54) is 11.1 Å². The van der Waals surface area contributed by atoms with Crippen molar-refractivity contribution < 1.29 is 14.6 Å². The average Bonchev–Trinajstić information content (AvgIpc) is 2.45. The van der Waals surface area contributed by atoms with Crippen LogP contribution >= 0.6 is 0 Å². The van der Waals surface area contributed by atoms with Gasteiger partial charge < -0.3 is 9.84 Å². The van der Waals surface area contributed by atoms with Gasteiger partial charge in [-0.25, -0.2) is 0 Å². The Kier molecular flexibility index (Phi) is 4.77. The highest BCUT2D eigenvalue weighted by Gasteiger charge is 2.04. The molecule has 0 atom stereocenters. The number of hydrogen-bond acceptors (Lipinski definition) is 3. The van der Waals surface area contributed by atoms with Crippen LogP contribution in [-0.2, 0) is 17.6 Å². The first-order valence-corrected chi connectivity index (χ1v) is 6.67. The molecule has 0 spiro atoms. The summed E-state index contributed by atoms with van der Waals surface area (Å²) in [6, 6.07) is 13.6. The minimum atomic E-state index is -0.0145. The van der Waals surface area contributed by atoms with Gasteiger partial charge in [-0.2, -0.15) is 0 Å². The van der Waals surface area contributed by atoms with E-state index < -0.39 is 0 Å². The molecule has 2 aromatic carbocycles. The lowest BCUT2D eigenvalue weighted by atomic mass is 10.0. The molecule has 0 amide bonds. The third-order valence-electron chi connectivity index (χ3n) is 3.25. The number of aryl methyl sites for hydroxylation is 3. The fourth-order valence-corrected chi connectivity index (χ4v) is 2.11. The van der Waals surface area contributed by atoms with Crippen LogP contribution in [0.4, 0.5) is 0 Å². The number of phenolic OH excluding ortho intramolecular Hbond substituents is 1. The first-order valence-electron chi connectivity index (χ1n) is 6.67. The molecule has 0 heterocycles. The maximum atomic E-state index is 10.3. The van der Waals surface area contributed by atoms with Crippen molar-refractivity contribution in [2.45, 2.75) is 26.2 Å². The number of carbonyl (C=O) groups excluding carboxylic acids is 1. The topological polar surface area (TPSA) is 46.5 Å². The van der Waals surface area contributed by atoms with Crippen LogP contribution < -0.4 is 4.74 Å². The van der Waals surface area contributed by atoms with E-state index in [4.69, 9.17) is 4.74 Å². The third kappa shape index (κ3) is 3.85. The average molecular weight is 270 g/mol. The number of hydrogen-bond donors (Lipinski definition) is 1. The molecule has 20 heavy (non-hydrogen) atoms. The van der Waals surface area contributed by atoms with E-state index in [1.54, 1.807) is 12.1 Å². The first kappa shape index (κ1) is 14.1. The van der Waals surface area contributed by atoms with E-state index in [9.17, 15) is 9.90 Å². The van der Waals surface area contributed by atoms with Gasteiger partial charge in [0.1, 0.15) is 0 Å². The molecule has 0 unspecified atom stereocenters. The van der Waals surface area contributed by atoms with E-state index in [2.05, 4.69) is 31.2 Å². The summed E-state index contributed by atoms with van der Waals surface area (Å²) < 4.78 is 4.72. The van der Waals surface area contributed by atoms with Gasteiger partial charge in [-0.1, -0.05) is 35.9 Å². The predicted octanol–water partition coefficient (Wildman–Crippen LogP) is 3.41. The van der Waals surface area contributed by atoms with Crippen molar-refractivity contribution in [3.8, 4) is 11.5 Å². The van der Waals surface area contributed by atoms with Crippen LogP contribution in [0.3, 0.4) is 0 Å². The van der Waals surface area contributed by atoms with Crippen molar-refractivity contribution in [2.24, 2.45) is 0 Å². The molecule has 0 saturated carbocycles. The zero-order valence-electron chi connectivity index (χ0n) is 11.5. The lowest BCUT2D eigenvalue weighted by Gasteiger charge is -2.06. The molecule has 1 N–H and O–H groups in total. The number of aromatic hydroxyl groups is 1. The molecule has 2 rings (SSSR count). The zero-order valence-corrected chi connectivity index (χ0v) is 11.5. The monoisotopic (exact) mass is 270 g/mol. The summed E-state index contributed by atoms with van der Waals surface area (Å²) in [5, 5.41) is 9.51.